The Morgan fingerprint density at radius 2 is 1.79 bits per heavy atom. The van der Waals surface area contributed by atoms with Gasteiger partial charge in [0.25, 0.3) is 5.91 Å². The molecule has 0 spiro atoms. The Morgan fingerprint density at radius 3 is 2.42 bits per heavy atom. The highest BCUT2D eigenvalue weighted by molar-refractivity contribution is 5.91. The molecule has 3 heteroatoms. The van der Waals surface area contributed by atoms with E-state index in [1.807, 2.05) is 11.0 Å². The van der Waals surface area contributed by atoms with Crippen molar-refractivity contribution in [2.75, 3.05) is 13.1 Å². The maximum atomic E-state index is 12.1. The summed E-state index contributed by atoms with van der Waals surface area (Å²) in [5.41, 5.74) is 1.38. The van der Waals surface area contributed by atoms with Crippen molar-refractivity contribution < 1.29 is 9.21 Å². The average Bonchev–Trinajstić information content (AvgIpc) is 3.02. The summed E-state index contributed by atoms with van der Waals surface area (Å²) < 4.78 is 5.17. The number of carbonyl (C=O) groups excluding carboxylic acids is 1. The standard InChI is InChI=1S/C16H17NO2/c18-16(15-7-4-12-19-15)17-10-8-14(9-11-17)13-5-2-1-3-6-13/h1-7,12,14H,8-11H2. The zero-order valence-electron chi connectivity index (χ0n) is 10.8. The Balaban J connectivity index is 1.62. The number of furan rings is 1. The van der Waals surface area contributed by atoms with Gasteiger partial charge in [-0.15, -0.1) is 0 Å². The molecule has 1 amide bonds. The highest BCUT2D eigenvalue weighted by atomic mass is 16.3. The summed E-state index contributed by atoms with van der Waals surface area (Å²) in [5.74, 6) is 1.02. The molecule has 0 aliphatic carbocycles. The van der Waals surface area contributed by atoms with Crippen LogP contribution in [-0.2, 0) is 0 Å². The van der Waals surface area contributed by atoms with E-state index in [1.165, 1.54) is 5.56 Å². The van der Waals surface area contributed by atoms with E-state index in [9.17, 15) is 4.79 Å². The minimum atomic E-state index is 0.0107. The Kier molecular flexibility index (Phi) is 3.36. The molecule has 0 saturated carbocycles. The van der Waals surface area contributed by atoms with Crippen molar-refractivity contribution in [1.29, 1.82) is 0 Å². The van der Waals surface area contributed by atoms with E-state index >= 15 is 0 Å². The molecule has 0 bridgehead atoms. The van der Waals surface area contributed by atoms with Gasteiger partial charge in [-0.05, 0) is 36.5 Å². The third-order valence-electron chi connectivity index (χ3n) is 3.79. The molecule has 2 aromatic rings. The number of piperidine rings is 1. The molecule has 19 heavy (non-hydrogen) atoms. The van der Waals surface area contributed by atoms with Crippen LogP contribution in [-0.4, -0.2) is 23.9 Å². The van der Waals surface area contributed by atoms with Gasteiger partial charge in [0.2, 0.25) is 0 Å². The summed E-state index contributed by atoms with van der Waals surface area (Å²) in [6.07, 6.45) is 3.59. The second kappa shape index (κ2) is 5.31. The molecule has 3 nitrogen and oxygen atoms in total. The summed E-state index contributed by atoms with van der Waals surface area (Å²) in [6.45, 7) is 1.61. The lowest BCUT2D eigenvalue weighted by Crippen LogP contribution is -2.37. The van der Waals surface area contributed by atoms with Crippen LogP contribution < -0.4 is 0 Å². The van der Waals surface area contributed by atoms with Crippen LogP contribution in [0.3, 0.4) is 0 Å². The van der Waals surface area contributed by atoms with Gasteiger partial charge in [-0.1, -0.05) is 30.3 Å². The summed E-state index contributed by atoms with van der Waals surface area (Å²) in [5, 5.41) is 0. The molecule has 1 aliphatic rings. The van der Waals surface area contributed by atoms with Crippen molar-refractivity contribution in [1.82, 2.24) is 4.90 Å². The van der Waals surface area contributed by atoms with Crippen molar-refractivity contribution in [3.8, 4) is 0 Å². The fraction of sp³-hybridized carbons (Fsp3) is 0.312. The van der Waals surface area contributed by atoms with Crippen molar-refractivity contribution in [2.24, 2.45) is 0 Å². The first-order valence-electron chi connectivity index (χ1n) is 6.72. The average molecular weight is 255 g/mol. The van der Waals surface area contributed by atoms with E-state index in [4.69, 9.17) is 4.42 Å². The maximum Gasteiger partial charge on any atom is 0.289 e. The number of amides is 1. The first-order valence-corrected chi connectivity index (χ1v) is 6.72. The van der Waals surface area contributed by atoms with Crippen molar-refractivity contribution in [2.45, 2.75) is 18.8 Å². The van der Waals surface area contributed by atoms with E-state index < -0.39 is 0 Å². The molecular formula is C16H17NO2. The highest BCUT2D eigenvalue weighted by Gasteiger charge is 2.25. The zero-order valence-corrected chi connectivity index (χ0v) is 10.8. The Labute approximate surface area is 112 Å². The number of carbonyl (C=O) groups is 1. The number of hydrogen-bond donors (Lipinski definition) is 0. The molecule has 1 aromatic heterocycles. The van der Waals surface area contributed by atoms with E-state index in [-0.39, 0.29) is 5.91 Å². The molecule has 0 unspecified atom stereocenters. The van der Waals surface area contributed by atoms with Crippen LogP contribution in [0.1, 0.15) is 34.9 Å². The van der Waals surface area contributed by atoms with Gasteiger partial charge >= 0.3 is 0 Å². The predicted molar refractivity (Wildman–Crippen MR) is 73.0 cm³/mol. The lowest BCUT2D eigenvalue weighted by molar-refractivity contribution is 0.0681. The SMILES string of the molecule is O=C(c1ccco1)N1CCC(c2ccccc2)CC1. The number of nitrogens with zero attached hydrogens (tertiary/aromatic N) is 1. The molecule has 1 aliphatic heterocycles. The smallest absolute Gasteiger partial charge is 0.289 e. The molecule has 2 heterocycles. The van der Waals surface area contributed by atoms with Crippen LogP contribution in [0.4, 0.5) is 0 Å². The molecule has 0 atom stereocenters. The van der Waals surface area contributed by atoms with Gasteiger partial charge in [0.05, 0.1) is 6.26 Å². The number of rotatable bonds is 2. The number of likely N-dealkylation sites (tertiary alicyclic amines) is 1. The molecule has 0 radical (unpaired) electrons. The highest BCUT2D eigenvalue weighted by Crippen LogP contribution is 2.28. The van der Waals surface area contributed by atoms with Crippen LogP contribution in [0, 0.1) is 0 Å². The molecule has 1 fully saturated rings. The van der Waals surface area contributed by atoms with Gasteiger partial charge < -0.3 is 9.32 Å². The van der Waals surface area contributed by atoms with Crippen molar-refractivity contribution in [3.63, 3.8) is 0 Å². The van der Waals surface area contributed by atoms with E-state index in [2.05, 4.69) is 24.3 Å². The maximum absolute atomic E-state index is 12.1. The number of hydrogen-bond acceptors (Lipinski definition) is 2. The largest absolute Gasteiger partial charge is 0.459 e. The van der Waals surface area contributed by atoms with Gasteiger partial charge in [0.1, 0.15) is 0 Å². The number of benzene rings is 1. The van der Waals surface area contributed by atoms with Crippen molar-refractivity contribution in [3.05, 3.63) is 60.1 Å². The van der Waals surface area contributed by atoms with Crippen LogP contribution in [0.15, 0.2) is 53.1 Å². The Morgan fingerprint density at radius 1 is 1.05 bits per heavy atom. The first-order chi connectivity index (χ1) is 9.34. The van der Waals surface area contributed by atoms with Gasteiger partial charge in [-0.3, -0.25) is 4.79 Å². The quantitative estimate of drug-likeness (QED) is 0.825. The topological polar surface area (TPSA) is 33.5 Å². The summed E-state index contributed by atoms with van der Waals surface area (Å²) in [4.78, 5) is 14.0. The molecule has 1 aromatic carbocycles. The fourth-order valence-corrected chi connectivity index (χ4v) is 2.70. The molecule has 98 valence electrons. The van der Waals surface area contributed by atoms with Crippen LogP contribution in [0.5, 0.6) is 0 Å². The van der Waals surface area contributed by atoms with E-state index in [0.717, 1.165) is 25.9 Å². The molecule has 1 saturated heterocycles. The zero-order chi connectivity index (χ0) is 13.1. The lowest BCUT2D eigenvalue weighted by Gasteiger charge is -2.31. The van der Waals surface area contributed by atoms with E-state index in [1.54, 1.807) is 18.4 Å². The minimum Gasteiger partial charge on any atom is -0.459 e. The van der Waals surface area contributed by atoms with Gasteiger partial charge in [-0.25, -0.2) is 0 Å². The molecule has 0 N–H and O–H groups in total. The second-order valence-electron chi connectivity index (χ2n) is 4.95. The Bertz CT molecular complexity index is 525. The van der Waals surface area contributed by atoms with Gasteiger partial charge in [-0.2, -0.15) is 0 Å². The fourth-order valence-electron chi connectivity index (χ4n) is 2.70. The molecule has 3 rings (SSSR count). The summed E-state index contributed by atoms with van der Waals surface area (Å²) in [7, 11) is 0. The van der Waals surface area contributed by atoms with Crippen molar-refractivity contribution >= 4 is 5.91 Å². The summed E-state index contributed by atoms with van der Waals surface area (Å²) in [6, 6.07) is 14.0. The molecular weight excluding hydrogens is 238 g/mol. The normalized spacial score (nSPS) is 16.5. The third-order valence-corrected chi connectivity index (χ3v) is 3.79. The minimum absolute atomic E-state index is 0.0107. The van der Waals surface area contributed by atoms with Gasteiger partial charge in [0.15, 0.2) is 5.76 Å². The van der Waals surface area contributed by atoms with Crippen LogP contribution in [0.2, 0.25) is 0 Å². The van der Waals surface area contributed by atoms with E-state index in [0.29, 0.717) is 11.7 Å². The lowest BCUT2D eigenvalue weighted by atomic mass is 9.89. The van der Waals surface area contributed by atoms with Gasteiger partial charge in [0, 0.05) is 13.1 Å². The third kappa shape index (κ3) is 2.55. The summed E-state index contributed by atoms with van der Waals surface area (Å²) >= 11 is 0. The predicted octanol–water partition coefficient (Wildman–Crippen LogP) is 3.30. The van der Waals surface area contributed by atoms with Crippen LogP contribution >= 0.6 is 0 Å². The Hall–Kier alpha value is -2.03. The van der Waals surface area contributed by atoms with Crippen LogP contribution in [0.25, 0.3) is 0 Å². The first kappa shape index (κ1) is 12.0. The monoisotopic (exact) mass is 255 g/mol. The second-order valence-corrected chi connectivity index (χ2v) is 4.95.